The monoisotopic (exact) mass is 1250 g/mol. The Labute approximate surface area is 423 Å². The van der Waals surface area contributed by atoms with E-state index in [2.05, 4.69) is 0 Å². The molecule has 20 heteroatoms. The summed E-state index contributed by atoms with van der Waals surface area (Å²) in [6, 6.07) is 0. The molecule has 6 rings (SSSR count). The number of nitroso groups, excluding NO2 is 2. The fourth-order valence-electron chi connectivity index (χ4n) is 8.03. The predicted molar refractivity (Wildman–Crippen MR) is 200 cm³/mol. The maximum atomic E-state index is 10.2. The molecule has 6 aliphatic carbocycles. The van der Waals surface area contributed by atoms with Crippen LogP contribution < -0.4 is 41.8 Å². The van der Waals surface area contributed by atoms with Gasteiger partial charge in [0.1, 0.15) is 11.2 Å². The standard InChI is InChI=1S/6C7H12O2.2NO.4Pd/c6*8-7(9)6-4-2-1-3-5-6;2*1-2;;;;/h6*6H,1-5H2,(H,8,9);;;;;;/q;;;;;;;;;;2*+2/p-6. The number of rotatable bonds is 6. The second kappa shape index (κ2) is 49.1. The van der Waals surface area contributed by atoms with E-state index in [1.807, 2.05) is 0 Å². The van der Waals surface area contributed by atoms with E-state index in [4.69, 9.17) is 21.0 Å². The number of hydrogen-bond donors (Lipinski definition) is 0. The van der Waals surface area contributed by atoms with Crippen LogP contribution in [-0.2, 0) is 110 Å². The van der Waals surface area contributed by atoms with Gasteiger partial charge in [0.05, 0.1) is 0 Å². The summed E-state index contributed by atoms with van der Waals surface area (Å²) >= 11 is 0. The van der Waals surface area contributed by atoms with Gasteiger partial charge in [-0.1, -0.05) is 116 Å². The SMILES string of the molecule is O=C([O-])C1CCCCC1.O=C([O-])C1CCCCC1.O=C([O-])C1CCCCC1.O=C([O-])C1CCCCC1.O=C([O-])C1CCCCC1.O=C([O-])C1CCCCC1.[N]=O.[N]=O.[Pd+2].[Pd+2].[Pd].[Pd]. The van der Waals surface area contributed by atoms with Crippen molar-refractivity contribution in [3.05, 3.63) is 9.81 Å². The predicted octanol–water partition coefficient (Wildman–Crippen LogP) is 0.995. The van der Waals surface area contributed by atoms with Crippen molar-refractivity contribution in [1.82, 2.24) is 11.2 Å². The molecule has 0 spiro atoms. The minimum absolute atomic E-state index is 0. The summed E-state index contributed by atoms with van der Waals surface area (Å²) in [4.78, 5) is 76.0. The van der Waals surface area contributed by atoms with Crippen LogP contribution in [0.5, 0.6) is 0 Å². The Morgan fingerprint density at radius 2 is 0.323 bits per heavy atom. The van der Waals surface area contributed by atoms with Gasteiger partial charge in [-0.2, -0.15) is 0 Å². The second-order valence-electron chi connectivity index (χ2n) is 15.9. The van der Waals surface area contributed by atoms with Gasteiger partial charge in [0, 0.05) is 76.7 Å². The van der Waals surface area contributed by atoms with Gasteiger partial charge in [-0.25, -0.2) is 0 Å². The van der Waals surface area contributed by atoms with Crippen LogP contribution in [0.25, 0.3) is 0 Å². The maximum absolute atomic E-state index is 10.2. The van der Waals surface area contributed by atoms with Gasteiger partial charge in [-0.3, -0.25) is 0 Å². The molecule has 0 N–H and O–H groups in total. The number of nitrogens with zero attached hydrogens (tertiary/aromatic N) is 2. The summed E-state index contributed by atoms with van der Waals surface area (Å²) < 4.78 is 0. The van der Waals surface area contributed by atoms with E-state index in [0.717, 1.165) is 154 Å². The summed E-state index contributed by atoms with van der Waals surface area (Å²) in [7, 11) is 0. The van der Waals surface area contributed by atoms with Crippen molar-refractivity contribution in [2.45, 2.75) is 193 Å². The molecule has 16 nitrogen and oxygen atoms in total. The number of carboxylic acid groups (broad SMARTS) is 6. The molecular weight excluding hydrogens is 1180 g/mol. The third-order valence-corrected chi connectivity index (χ3v) is 11.6. The molecular formula is C42H66N2O14Pd4-2. The van der Waals surface area contributed by atoms with Crippen LogP contribution in [0.1, 0.15) is 193 Å². The summed E-state index contributed by atoms with van der Waals surface area (Å²) in [6.45, 7) is 0. The van der Waals surface area contributed by atoms with E-state index in [1.54, 1.807) is 0 Å². The van der Waals surface area contributed by atoms with Crippen molar-refractivity contribution in [3.8, 4) is 0 Å². The molecule has 0 aliphatic heterocycles. The Bertz CT molecular complexity index is 906. The molecule has 6 aliphatic rings. The second-order valence-corrected chi connectivity index (χ2v) is 15.9. The molecule has 2 radical (unpaired) electrons. The third-order valence-electron chi connectivity index (χ3n) is 11.6. The zero-order chi connectivity index (χ0) is 44.1. The summed E-state index contributed by atoms with van der Waals surface area (Å²) in [6.07, 6.45) is 30.0. The molecule has 0 bridgehead atoms. The molecule has 0 aromatic rings. The number of aliphatic carboxylic acids is 6. The molecule has 6 fully saturated rings. The summed E-state index contributed by atoms with van der Waals surface area (Å²) in [5.74, 6) is -5.95. The van der Waals surface area contributed by atoms with Crippen molar-refractivity contribution in [1.29, 1.82) is 0 Å². The average molecular weight is 1250 g/mol. The van der Waals surface area contributed by atoms with E-state index in [9.17, 15) is 59.4 Å². The Morgan fingerprint density at radius 1 is 0.242 bits per heavy atom. The van der Waals surface area contributed by atoms with E-state index in [1.165, 1.54) is 38.5 Å². The van der Waals surface area contributed by atoms with Crippen LogP contribution in [0.4, 0.5) is 0 Å². The summed E-state index contributed by atoms with van der Waals surface area (Å²) in [5.41, 5.74) is 11.5. The van der Waals surface area contributed by atoms with Gasteiger partial charge in [0.2, 0.25) is 0 Å². The minimum atomic E-state index is -0.852. The van der Waals surface area contributed by atoms with Gasteiger partial charge in [0.25, 0.3) is 0 Å². The van der Waals surface area contributed by atoms with E-state index < -0.39 is 35.8 Å². The van der Waals surface area contributed by atoms with Crippen molar-refractivity contribution < 1.29 is 141 Å². The minimum Gasteiger partial charge on any atom is -0.550 e. The molecule has 370 valence electrons. The Hall–Kier alpha value is -1.33. The quantitative estimate of drug-likeness (QED) is 0.335. The van der Waals surface area contributed by atoms with Crippen LogP contribution >= 0.6 is 0 Å². The normalized spacial score (nSPS) is 19.1. The molecule has 62 heavy (non-hydrogen) atoms. The fraction of sp³-hybridized carbons (Fsp3) is 0.857. The van der Waals surface area contributed by atoms with Crippen molar-refractivity contribution in [2.24, 2.45) is 35.5 Å². The van der Waals surface area contributed by atoms with Gasteiger partial charge < -0.3 is 59.4 Å². The van der Waals surface area contributed by atoms with E-state index in [-0.39, 0.29) is 117 Å². The van der Waals surface area contributed by atoms with Crippen LogP contribution in [0, 0.1) is 45.3 Å². The van der Waals surface area contributed by atoms with Crippen LogP contribution in [0.3, 0.4) is 0 Å². The molecule has 0 aromatic carbocycles. The first-order valence-corrected chi connectivity index (χ1v) is 21.4. The van der Waals surface area contributed by atoms with Crippen LogP contribution in [0.2, 0.25) is 0 Å². The van der Waals surface area contributed by atoms with E-state index >= 15 is 0 Å². The van der Waals surface area contributed by atoms with Crippen molar-refractivity contribution >= 4 is 35.8 Å². The Kier molecular flexibility index (Phi) is 57.2. The average Bonchev–Trinajstić information content (AvgIpc) is 3.28. The molecule has 6 saturated carbocycles. The first kappa shape index (κ1) is 72.3. The molecule has 0 saturated heterocycles. The molecule has 0 atom stereocenters. The van der Waals surface area contributed by atoms with Gasteiger partial charge in [-0.15, -0.1) is 9.81 Å². The van der Waals surface area contributed by atoms with Crippen LogP contribution in [0.15, 0.2) is 0 Å². The van der Waals surface area contributed by atoms with Crippen LogP contribution in [-0.4, -0.2) is 35.8 Å². The smallest absolute Gasteiger partial charge is 0.550 e. The number of carbonyl (C=O) groups excluding carboxylic acids is 6. The Balaban J connectivity index is -0.000000147. The van der Waals surface area contributed by atoms with E-state index in [0.29, 0.717) is 0 Å². The zero-order valence-electron chi connectivity index (χ0n) is 35.6. The summed E-state index contributed by atoms with van der Waals surface area (Å²) in [5, 5.41) is 61.5. The molecule has 0 amide bonds. The van der Waals surface area contributed by atoms with Gasteiger partial charge in [0.15, 0.2) is 0 Å². The molecule has 0 heterocycles. The molecule has 0 unspecified atom stereocenters. The van der Waals surface area contributed by atoms with Crippen molar-refractivity contribution in [2.75, 3.05) is 0 Å². The first-order chi connectivity index (χ1) is 27.8. The third kappa shape index (κ3) is 39.1. The topological polar surface area (TPSA) is 320 Å². The largest absolute Gasteiger partial charge is 2.00 e. The first-order valence-electron chi connectivity index (χ1n) is 21.4. The number of hydrogen-bond acceptors (Lipinski definition) is 14. The number of carbonyl (C=O) groups is 6. The maximum Gasteiger partial charge on any atom is 2.00 e. The van der Waals surface area contributed by atoms with Gasteiger partial charge in [-0.05, 0) is 113 Å². The molecule has 0 aromatic heterocycles. The number of carboxylic acids is 6. The Morgan fingerprint density at radius 3 is 0.371 bits per heavy atom. The van der Waals surface area contributed by atoms with Gasteiger partial charge >= 0.3 is 40.8 Å². The zero-order valence-corrected chi connectivity index (χ0v) is 41.8. The van der Waals surface area contributed by atoms with Crippen molar-refractivity contribution in [3.63, 3.8) is 0 Å². The fourth-order valence-corrected chi connectivity index (χ4v) is 8.03.